The number of hydrogen-bond donors (Lipinski definition) is 3. The molecule has 1 aromatic rings. The van der Waals surface area contributed by atoms with Crippen LogP contribution in [0.25, 0.3) is 5.57 Å². The first-order valence-corrected chi connectivity index (χ1v) is 8.17. The van der Waals surface area contributed by atoms with Crippen molar-refractivity contribution < 1.29 is 10.2 Å². The minimum Gasteiger partial charge on any atom is -0.390 e. The molecule has 4 atom stereocenters. The lowest BCUT2D eigenvalue weighted by Crippen LogP contribution is -2.29. The Kier molecular flexibility index (Phi) is 3.70. The van der Waals surface area contributed by atoms with Crippen LogP contribution < -0.4 is 5.73 Å². The summed E-state index contributed by atoms with van der Waals surface area (Å²) in [5.41, 5.74) is 8.68. The summed E-state index contributed by atoms with van der Waals surface area (Å²) in [7, 11) is 0. The van der Waals surface area contributed by atoms with Gasteiger partial charge in [0.1, 0.15) is 12.1 Å². The molecule has 20 heavy (non-hydrogen) atoms. The molecule has 6 heteroatoms. The van der Waals surface area contributed by atoms with Crippen molar-refractivity contribution in [3.63, 3.8) is 0 Å². The van der Waals surface area contributed by atoms with E-state index in [1.165, 1.54) is 6.33 Å². The molecule has 1 heterocycles. The predicted octanol–water partition coefficient (Wildman–Crippen LogP) is 0.719. The van der Waals surface area contributed by atoms with Crippen LogP contribution in [0, 0.1) is 11.8 Å². The molecular formula is C14H19N3O2S. The molecule has 0 aliphatic heterocycles. The Morgan fingerprint density at radius 3 is 2.90 bits per heavy atom. The topological polar surface area (TPSA) is 92.3 Å². The zero-order chi connectivity index (χ0) is 14.3. The molecule has 2 aliphatic rings. The second-order valence-electron chi connectivity index (χ2n) is 5.49. The fraction of sp³-hybridized carbons (Fsp3) is 0.571. The molecular weight excluding hydrogens is 274 g/mol. The number of nitrogen functional groups attached to an aromatic ring is 1. The summed E-state index contributed by atoms with van der Waals surface area (Å²) in [6.07, 6.45) is 5.67. The van der Waals surface area contributed by atoms with E-state index in [4.69, 9.17) is 5.73 Å². The highest BCUT2D eigenvalue weighted by Crippen LogP contribution is 2.44. The van der Waals surface area contributed by atoms with Crippen LogP contribution in [0.3, 0.4) is 0 Å². The van der Waals surface area contributed by atoms with Crippen molar-refractivity contribution >= 4 is 23.2 Å². The number of aliphatic hydroxyl groups excluding tert-OH is 2. The van der Waals surface area contributed by atoms with E-state index in [1.54, 1.807) is 11.8 Å². The number of allylic oxidation sites excluding steroid dienone is 1. The number of hydrogen-bond acceptors (Lipinski definition) is 6. The van der Waals surface area contributed by atoms with Gasteiger partial charge in [0.25, 0.3) is 0 Å². The number of aliphatic hydroxyl groups is 2. The van der Waals surface area contributed by atoms with E-state index in [1.807, 2.05) is 6.26 Å². The van der Waals surface area contributed by atoms with Crippen LogP contribution in [-0.4, -0.2) is 44.4 Å². The van der Waals surface area contributed by atoms with Crippen LogP contribution in [0.5, 0.6) is 0 Å². The van der Waals surface area contributed by atoms with E-state index in [2.05, 4.69) is 16.0 Å². The predicted molar refractivity (Wildman–Crippen MR) is 80.1 cm³/mol. The summed E-state index contributed by atoms with van der Waals surface area (Å²) < 4.78 is 0. The summed E-state index contributed by atoms with van der Waals surface area (Å²) in [4.78, 5) is 8.33. The zero-order valence-electron chi connectivity index (χ0n) is 11.4. The van der Waals surface area contributed by atoms with Gasteiger partial charge in [-0.05, 0) is 36.3 Å². The molecule has 0 amide bonds. The van der Waals surface area contributed by atoms with Crippen molar-refractivity contribution in [3.8, 4) is 0 Å². The molecule has 5 nitrogen and oxygen atoms in total. The molecule has 1 saturated carbocycles. The maximum Gasteiger partial charge on any atom is 0.130 e. The summed E-state index contributed by atoms with van der Waals surface area (Å²) in [5.74, 6) is 1.45. The average Bonchev–Trinajstić information content (AvgIpc) is 2.97. The third-order valence-corrected chi connectivity index (χ3v) is 5.12. The lowest BCUT2D eigenvalue weighted by atomic mass is 9.93. The van der Waals surface area contributed by atoms with E-state index in [-0.39, 0.29) is 11.8 Å². The molecule has 108 valence electrons. The number of nitrogens with two attached hydrogens (primary N) is 1. The Morgan fingerprint density at radius 1 is 1.35 bits per heavy atom. The molecule has 2 aliphatic carbocycles. The summed E-state index contributed by atoms with van der Waals surface area (Å²) in [5, 5.41) is 20.5. The highest BCUT2D eigenvalue weighted by molar-refractivity contribution is 7.98. The lowest BCUT2D eigenvalue weighted by molar-refractivity contribution is 0.0160. The van der Waals surface area contributed by atoms with Gasteiger partial charge in [0.2, 0.25) is 0 Å². The number of rotatable bonds is 3. The summed E-state index contributed by atoms with van der Waals surface area (Å²) in [6, 6.07) is 0. The van der Waals surface area contributed by atoms with E-state index in [0.717, 1.165) is 29.0 Å². The smallest absolute Gasteiger partial charge is 0.130 e. The highest BCUT2D eigenvalue weighted by atomic mass is 32.2. The normalized spacial score (nSPS) is 32.2. The maximum absolute atomic E-state index is 10.3. The van der Waals surface area contributed by atoms with Gasteiger partial charge in [0.05, 0.1) is 17.9 Å². The fourth-order valence-electron chi connectivity index (χ4n) is 3.33. The maximum atomic E-state index is 10.3. The molecule has 0 bridgehead atoms. The van der Waals surface area contributed by atoms with Crippen molar-refractivity contribution in [2.75, 3.05) is 17.7 Å². The van der Waals surface area contributed by atoms with E-state index >= 15 is 0 Å². The minimum atomic E-state index is -0.722. The van der Waals surface area contributed by atoms with Crippen molar-refractivity contribution in [1.29, 1.82) is 0 Å². The first-order valence-electron chi connectivity index (χ1n) is 6.78. The lowest BCUT2D eigenvalue weighted by Gasteiger charge is -2.18. The van der Waals surface area contributed by atoms with Gasteiger partial charge in [-0.2, -0.15) is 11.8 Å². The van der Waals surface area contributed by atoms with Crippen LogP contribution in [0.15, 0.2) is 12.4 Å². The van der Waals surface area contributed by atoms with Crippen molar-refractivity contribution in [2.45, 2.75) is 25.0 Å². The van der Waals surface area contributed by atoms with Crippen LogP contribution in [0.2, 0.25) is 0 Å². The second kappa shape index (κ2) is 5.35. The van der Waals surface area contributed by atoms with Crippen LogP contribution in [0.1, 0.15) is 17.7 Å². The molecule has 0 aromatic carbocycles. The molecule has 0 saturated heterocycles. The molecule has 0 radical (unpaired) electrons. The van der Waals surface area contributed by atoms with E-state index in [9.17, 15) is 10.2 Å². The van der Waals surface area contributed by atoms with E-state index < -0.39 is 12.2 Å². The largest absolute Gasteiger partial charge is 0.390 e. The first kappa shape index (κ1) is 13.9. The number of aromatic nitrogens is 2. The third kappa shape index (κ3) is 2.12. The Balaban J connectivity index is 1.88. The van der Waals surface area contributed by atoms with Gasteiger partial charge in [-0.25, -0.2) is 9.97 Å². The van der Waals surface area contributed by atoms with Crippen molar-refractivity contribution in [2.24, 2.45) is 11.8 Å². The SMILES string of the molecule is CSC[C@H]1C[C@@H](C2=CCc3c(N)ncnc32)[C@H](O)[C@@H]1O. The molecule has 3 rings (SSSR count). The average molecular weight is 293 g/mol. The third-order valence-electron chi connectivity index (χ3n) is 4.36. The minimum absolute atomic E-state index is 0.0577. The summed E-state index contributed by atoms with van der Waals surface area (Å²) in [6.45, 7) is 0. The van der Waals surface area contributed by atoms with Crippen molar-refractivity contribution in [1.82, 2.24) is 9.97 Å². The first-order chi connectivity index (χ1) is 9.63. The quantitative estimate of drug-likeness (QED) is 0.760. The standard InChI is InChI=1S/C14H19N3O2S/c1-20-5-7-4-10(13(19)12(7)18)8-2-3-9-11(8)16-6-17-14(9)15/h2,6-7,10,12-13,18-19H,3-5H2,1H3,(H2,15,16,17)/t7-,10+,12-,13+/m1/s1. The van der Waals surface area contributed by atoms with Gasteiger partial charge in [-0.3, -0.25) is 0 Å². The van der Waals surface area contributed by atoms with Gasteiger partial charge in [-0.15, -0.1) is 0 Å². The number of anilines is 1. The van der Waals surface area contributed by atoms with E-state index in [0.29, 0.717) is 12.2 Å². The Hall–Kier alpha value is -1.11. The molecule has 0 unspecified atom stereocenters. The molecule has 1 fully saturated rings. The molecule has 0 spiro atoms. The Bertz CT molecular complexity index is 549. The monoisotopic (exact) mass is 293 g/mol. The van der Waals surface area contributed by atoms with Gasteiger partial charge >= 0.3 is 0 Å². The van der Waals surface area contributed by atoms with Gasteiger partial charge in [-0.1, -0.05) is 6.08 Å². The zero-order valence-corrected chi connectivity index (χ0v) is 12.2. The van der Waals surface area contributed by atoms with Crippen LogP contribution in [-0.2, 0) is 6.42 Å². The summed E-state index contributed by atoms with van der Waals surface area (Å²) >= 11 is 1.70. The van der Waals surface area contributed by atoms with Gasteiger partial charge < -0.3 is 15.9 Å². The molecule has 4 N–H and O–H groups in total. The Morgan fingerprint density at radius 2 is 2.15 bits per heavy atom. The fourth-order valence-corrected chi connectivity index (χ4v) is 4.09. The van der Waals surface area contributed by atoms with Crippen molar-refractivity contribution in [3.05, 3.63) is 23.7 Å². The molecule has 1 aromatic heterocycles. The highest BCUT2D eigenvalue weighted by Gasteiger charge is 2.44. The van der Waals surface area contributed by atoms with Crippen LogP contribution in [0.4, 0.5) is 5.82 Å². The number of nitrogens with zero attached hydrogens (tertiary/aromatic N) is 2. The van der Waals surface area contributed by atoms with Crippen LogP contribution >= 0.6 is 11.8 Å². The Labute approximate surface area is 122 Å². The second-order valence-corrected chi connectivity index (χ2v) is 6.40. The van der Waals surface area contributed by atoms with Gasteiger partial charge in [0, 0.05) is 11.5 Å². The van der Waals surface area contributed by atoms with Gasteiger partial charge in [0.15, 0.2) is 0 Å². The number of thioether (sulfide) groups is 1. The number of fused-ring (bicyclic) bond motifs is 1.